The second-order valence-corrected chi connectivity index (χ2v) is 9.27. The van der Waals surface area contributed by atoms with E-state index in [2.05, 4.69) is 11.1 Å². The second-order valence-electron chi connectivity index (χ2n) is 9.27. The summed E-state index contributed by atoms with van der Waals surface area (Å²) in [7, 11) is 3.24. The van der Waals surface area contributed by atoms with Crippen molar-refractivity contribution >= 4 is 22.7 Å². The molecule has 2 amide bonds. The van der Waals surface area contributed by atoms with E-state index in [0.717, 1.165) is 39.0 Å². The smallest absolute Gasteiger partial charge is 0.246 e. The SMILES string of the molecule is COc1ccc(C2c3[nH]c4ccccc4c3C[C@@H]3C(=O)N(Cc4ccccc4OC)CC(=O)N23)cc1. The Hall–Kier alpha value is -4.26. The average Bonchev–Trinajstić information content (AvgIpc) is 3.29. The van der Waals surface area contributed by atoms with Crippen LogP contribution >= 0.6 is 0 Å². The third-order valence-electron chi connectivity index (χ3n) is 7.33. The first-order valence-corrected chi connectivity index (χ1v) is 12.0. The number of nitrogens with one attached hydrogen (secondary N) is 1. The zero-order chi connectivity index (χ0) is 24.8. The fourth-order valence-electron chi connectivity index (χ4n) is 5.63. The first-order valence-electron chi connectivity index (χ1n) is 12.0. The van der Waals surface area contributed by atoms with Crippen LogP contribution in [0.5, 0.6) is 11.5 Å². The van der Waals surface area contributed by atoms with Crippen LogP contribution in [0.3, 0.4) is 0 Å². The summed E-state index contributed by atoms with van der Waals surface area (Å²) in [4.78, 5) is 34.6. The van der Waals surface area contributed by atoms with Crippen molar-refractivity contribution in [2.24, 2.45) is 0 Å². The molecule has 1 N–H and O–H groups in total. The van der Waals surface area contributed by atoms with Gasteiger partial charge in [0.2, 0.25) is 11.8 Å². The van der Waals surface area contributed by atoms with Crippen LogP contribution in [0.15, 0.2) is 72.8 Å². The minimum absolute atomic E-state index is 0.0234. The molecular formula is C29H27N3O4. The van der Waals surface area contributed by atoms with E-state index in [9.17, 15) is 9.59 Å². The molecule has 3 aromatic carbocycles. The molecule has 2 aliphatic rings. The number of ether oxygens (including phenoxy) is 2. The first kappa shape index (κ1) is 22.2. The molecule has 0 radical (unpaired) electrons. The van der Waals surface area contributed by atoms with Crippen molar-refractivity contribution in [3.63, 3.8) is 0 Å². The van der Waals surface area contributed by atoms with Gasteiger partial charge >= 0.3 is 0 Å². The molecule has 1 unspecified atom stereocenters. The Morgan fingerprint density at radius 1 is 0.917 bits per heavy atom. The van der Waals surface area contributed by atoms with E-state index in [-0.39, 0.29) is 24.4 Å². The predicted molar refractivity (Wildman–Crippen MR) is 136 cm³/mol. The summed E-state index contributed by atoms with van der Waals surface area (Å²) in [6, 6.07) is 22.5. The summed E-state index contributed by atoms with van der Waals surface area (Å²) in [5.74, 6) is 1.33. The van der Waals surface area contributed by atoms with Crippen LogP contribution < -0.4 is 9.47 Å². The number of fused-ring (bicyclic) bond motifs is 4. The summed E-state index contributed by atoms with van der Waals surface area (Å²) in [5, 5.41) is 1.09. The number of nitrogens with zero attached hydrogens (tertiary/aromatic N) is 2. The normalized spacial score (nSPS) is 19.3. The highest BCUT2D eigenvalue weighted by molar-refractivity contribution is 5.97. The van der Waals surface area contributed by atoms with Crippen LogP contribution in [0.2, 0.25) is 0 Å². The lowest BCUT2D eigenvalue weighted by atomic mass is 9.86. The highest BCUT2D eigenvalue weighted by Gasteiger charge is 2.48. The van der Waals surface area contributed by atoms with E-state index in [4.69, 9.17) is 9.47 Å². The molecule has 0 aliphatic carbocycles. The van der Waals surface area contributed by atoms with E-state index in [1.165, 1.54) is 0 Å². The molecule has 2 atom stereocenters. The van der Waals surface area contributed by atoms with Gasteiger partial charge in [-0.25, -0.2) is 0 Å². The van der Waals surface area contributed by atoms with E-state index >= 15 is 0 Å². The van der Waals surface area contributed by atoms with Gasteiger partial charge in [-0.1, -0.05) is 48.5 Å². The Bertz CT molecular complexity index is 1460. The number of para-hydroxylation sites is 2. The van der Waals surface area contributed by atoms with Crippen molar-refractivity contribution in [1.82, 2.24) is 14.8 Å². The number of hydrogen-bond donors (Lipinski definition) is 1. The molecule has 1 saturated heterocycles. The highest BCUT2D eigenvalue weighted by Crippen LogP contribution is 2.43. The molecule has 7 nitrogen and oxygen atoms in total. The molecule has 0 saturated carbocycles. The number of rotatable bonds is 5. The van der Waals surface area contributed by atoms with Crippen LogP contribution in [-0.2, 0) is 22.6 Å². The van der Waals surface area contributed by atoms with Crippen molar-refractivity contribution in [3.8, 4) is 11.5 Å². The Kier molecular flexibility index (Phi) is 5.40. The number of methoxy groups -OCH3 is 2. The fraction of sp³-hybridized carbons (Fsp3) is 0.241. The zero-order valence-corrected chi connectivity index (χ0v) is 20.2. The first-order chi connectivity index (χ1) is 17.6. The third-order valence-corrected chi connectivity index (χ3v) is 7.33. The van der Waals surface area contributed by atoms with Crippen molar-refractivity contribution in [3.05, 3.63) is 95.2 Å². The fourth-order valence-corrected chi connectivity index (χ4v) is 5.63. The van der Waals surface area contributed by atoms with E-state index in [0.29, 0.717) is 18.7 Å². The summed E-state index contributed by atoms with van der Waals surface area (Å²) >= 11 is 0. The quantitative estimate of drug-likeness (QED) is 0.466. The molecule has 1 aromatic heterocycles. The average molecular weight is 482 g/mol. The van der Waals surface area contributed by atoms with Crippen LogP contribution in [-0.4, -0.2) is 53.4 Å². The Morgan fingerprint density at radius 3 is 2.44 bits per heavy atom. The standard InChI is InChI=1S/C29H27N3O4/c1-35-20-13-11-18(12-14-20)28-27-22(21-8-4-5-9-23(21)30-27)15-24-29(34)31(17-26(33)32(24)28)16-19-7-3-6-10-25(19)36-2/h3-14,24,28,30H,15-17H2,1-2H3/t24-,28?/m1/s1. The second kappa shape index (κ2) is 8.75. The van der Waals surface area contributed by atoms with Crippen molar-refractivity contribution in [2.75, 3.05) is 20.8 Å². The maximum absolute atomic E-state index is 13.9. The lowest BCUT2D eigenvalue weighted by Gasteiger charge is -2.47. The molecule has 182 valence electrons. The van der Waals surface area contributed by atoms with Gasteiger partial charge in [-0.3, -0.25) is 9.59 Å². The molecular weight excluding hydrogens is 454 g/mol. The van der Waals surface area contributed by atoms with Gasteiger partial charge in [-0.15, -0.1) is 0 Å². The molecule has 36 heavy (non-hydrogen) atoms. The largest absolute Gasteiger partial charge is 0.497 e. The van der Waals surface area contributed by atoms with E-state index < -0.39 is 6.04 Å². The lowest BCUT2D eigenvalue weighted by molar-refractivity contribution is -0.159. The number of carbonyl (C=O) groups excluding carboxylic acids is 2. The zero-order valence-electron chi connectivity index (χ0n) is 20.2. The minimum atomic E-state index is -0.584. The monoisotopic (exact) mass is 481 g/mol. The topological polar surface area (TPSA) is 74.9 Å². The maximum atomic E-state index is 13.9. The number of aromatic amines is 1. The van der Waals surface area contributed by atoms with Crippen LogP contribution in [0.4, 0.5) is 0 Å². The number of aromatic nitrogens is 1. The molecule has 7 heteroatoms. The van der Waals surface area contributed by atoms with Crippen LogP contribution in [0.25, 0.3) is 10.9 Å². The number of piperazine rings is 1. The summed E-state index contributed by atoms with van der Waals surface area (Å²) in [6.07, 6.45) is 0.471. The summed E-state index contributed by atoms with van der Waals surface area (Å²) < 4.78 is 10.8. The minimum Gasteiger partial charge on any atom is -0.497 e. The Labute approximate surface area is 209 Å². The summed E-state index contributed by atoms with van der Waals surface area (Å²) in [5.41, 5.74) is 4.88. The van der Waals surface area contributed by atoms with Gasteiger partial charge in [0.25, 0.3) is 0 Å². The number of H-pyrrole nitrogens is 1. The van der Waals surface area contributed by atoms with Crippen LogP contribution in [0, 0.1) is 0 Å². The van der Waals surface area contributed by atoms with Crippen molar-refractivity contribution in [2.45, 2.75) is 25.0 Å². The van der Waals surface area contributed by atoms with Gasteiger partial charge in [-0.05, 0) is 35.4 Å². The molecule has 2 aliphatic heterocycles. The number of hydrogen-bond acceptors (Lipinski definition) is 4. The van der Waals surface area contributed by atoms with Crippen molar-refractivity contribution < 1.29 is 19.1 Å². The number of benzene rings is 3. The predicted octanol–water partition coefficient (Wildman–Crippen LogP) is 4.07. The van der Waals surface area contributed by atoms with Gasteiger partial charge in [0.05, 0.1) is 20.3 Å². The van der Waals surface area contributed by atoms with Gasteiger partial charge < -0.3 is 24.3 Å². The van der Waals surface area contributed by atoms with E-state index in [1.54, 1.807) is 24.0 Å². The van der Waals surface area contributed by atoms with Gasteiger partial charge in [0.1, 0.15) is 24.1 Å². The van der Waals surface area contributed by atoms with Crippen molar-refractivity contribution in [1.29, 1.82) is 0 Å². The molecule has 6 rings (SSSR count). The van der Waals surface area contributed by atoms with Gasteiger partial charge in [-0.2, -0.15) is 0 Å². The molecule has 4 aromatic rings. The third kappa shape index (κ3) is 3.50. The summed E-state index contributed by atoms with van der Waals surface area (Å²) in [6.45, 7) is 0.350. The van der Waals surface area contributed by atoms with E-state index in [1.807, 2.05) is 66.7 Å². The number of carbonyl (C=O) groups is 2. The molecule has 0 spiro atoms. The van der Waals surface area contributed by atoms with Crippen LogP contribution in [0.1, 0.15) is 28.4 Å². The van der Waals surface area contributed by atoms with Gasteiger partial charge in [0, 0.05) is 35.1 Å². The Balaban J connectivity index is 1.44. The highest BCUT2D eigenvalue weighted by atomic mass is 16.5. The number of amides is 2. The molecule has 3 heterocycles. The maximum Gasteiger partial charge on any atom is 0.246 e. The van der Waals surface area contributed by atoms with Gasteiger partial charge in [0.15, 0.2) is 0 Å². The Morgan fingerprint density at radius 2 is 1.67 bits per heavy atom. The molecule has 0 bridgehead atoms. The molecule has 1 fully saturated rings. The lowest BCUT2D eigenvalue weighted by Crippen LogP contribution is -2.62.